The van der Waals surface area contributed by atoms with Crippen LogP contribution in [0, 0.1) is 0 Å². The minimum absolute atomic E-state index is 0.294. The van der Waals surface area contributed by atoms with Crippen molar-refractivity contribution >= 4 is 32.0 Å². The molecule has 0 amide bonds. The maximum Gasteiger partial charge on any atom is 0.332 e. The molecule has 11 heteroatoms. The summed E-state index contributed by atoms with van der Waals surface area (Å²) in [7, 11) is -0.220. The first-order valence-electron chi connectivity index (χ1n) is 11.6. The van der Waals surface area contributed by atoms with Crippen LogP contribution in [0.15, 0.2) is 63.3 Å². The summed E-state index contributed by atoms with van der Waals surface area (Å²) < 4.78 is 32.2. The molecule has 0 N–H and O–H groups in total. The van der Waals surface area contributed by atoms with Crippen LogP contribution >= 0.6 is 0 Å². The number of rotatable bonds is 6. The number of benzene rings is 2. The Morgan fingerprint density at radius 1 is 0.914 bits per heavy atom. The van der Waals surface area contributed by atoms with Gasteiger partial charge in [-0.1, -0.05) is 30.3 Å². The van der Waals surface area contributed by atoms with Gasteiger partial charge in [-0.2, -0.15) is 4.31 Å². The molecule has 4 aromatic rings. The van der Waals surface area contributed by atoms with Crippen molar-refractivity contribution in [1.82, 2.24) is 27.9 Å². The molecule has 5 rings (SSSR count). The van der Waals surface area contributed by atoms with Gasteiger partial charge in [0, 0.05) is 46.8 Å². The van der Waals surface area contributed by atoms with Crippen LogP contribution in [-0.4, -0.2) is 69.0 Å². The average molecular weight is 497 g/mol. The van der Waals surface area contributed by atoms with Gasteiger partial charge in [-0.05, 0) is 35.9 Å². The van der Waals surface area contributed by atoms with Crippen molar-refractivity contribution in [2.45, 2.75) is 17.9 Å². The third-order valence-electron chi connectivity index (χ3n) is 6.75. The van der Waals surface area contributed by atoms with E-state index in [4.69, 9.17) is 0 Å². The monoisotopic (exact) mass is 496 g/mol. The molecule has 10 nitrogen and oxygen atoms in total. The number of fused-ring (bicyclic) bond motifs is 2. The highest BCUT2D eigenvalue weighted by atomic mass is 32.2. The largest absolute Gasteiger partial charge is 0.332 e. The number of imidazole rings is 1. The van der Waals surface area contributed by atoms with E-state index in [1.165, 1.54) is 19.8 Å². The number of piperazine rings is 1. The summed E-state index contributed by atoms with van der Waals surface area (Å²) in [4.78, 5) is 32.1. The van der Waals surface area contributed by atoms with Crippen LogP contribution in [0.5, 0.6) is 0 Å². The first-order valence-corrected chi connectivity index (χ1v) is 13.0. The summed E-state index contributed by atoms with van der Waals surface area (Å²) in [6.45, 7) is 2.96. The fraction of sp³-hybridized carbons (Fsp3) is 0.375. The van der Waals surface area contributed by atoms with Crippen molar-refractivity contribution in [2.75, 3.05) is 32.7 Å². The van der Waals surface area contributed by atoms with Crippen LogP contribution in [0.4, 0.5) is 0 Å². The zero-order valence-corrected chi connectivity index (χ0v) is 20.6. The Morgan fingerprint density at radius 3 is 2.37 bits per heavy atom. The number of hydrogen-bond donors (Lipinski definition) is 0. The summed E-state index contributed by atoms with van der Waals surface area (Å²) >= 11 is 0. The molecule has 0 bridgehead atoms. The molecule has 0 spiro atoms. The van der Waals surface area contributed by atoms with E-state index in [2.05, 4.69) is 9.88 Å². The van der Waals surface area contributed by atoms with E-state index in [1.54, 1.807) is 30.8 Å². The number of nitrogens with zero attached hydrogens (tertiary/aromatic N) is 6. The summed E-state index contributed by atoms with van der Waals surface area (Å²) in [6.07, 6.45) is 2.14. The highest BCUT2D eigenvalue weighted by Gasteiger charge is 2.28. The second kappa shape index (κ2) is 9.06. The van der Waals surface area contributed by atoms with Gasteiger partial charge in [-0.15, -0.1) is 0 Å². The van der Waals surface area contributed by atoms with Gasteiger partial charge in [0.2, 0.25) is 10.0 Å². The second-order valence-corrected chi connectivity index (χ2v) is 10.9. The normalized spacial score (nSPS) is 15.8. The molecule has 1 aliphatic rings. The molecule has 3 heterocycles. The molecule has 1 saturated heterocycles. The van der Waals surface area contributed by atoms with Crippen molar-refractivity contribution in [1.29, 1.82) is 0 Å². The zero-order chi connectivity index (χ0) is 24.7. The fourth-order valence-corrected chi connectivity index (χ4v) is 6.17. The van der Waals surface area contributed by atoms with Crippen molar-refractivity contribution < 1.29 is 8.42 Å². The van der Waals surface area contributed by atoms with Crippen molar-refractivity contribution in [3.05, 3.63) is 69.6 Å². The lowest BCUT2D eigenvalue weighted by molar-refractivity contribution is 0.184. The molecule has 0 atom stereocenters. The Kier molecular flexibility index (Phi) is 6.07. The Morgan fingerprint density at radius 2 is 1.63 bits per heavy atom. The molecule has 184 valence electrons. The predicted octanol–water partition coefficient (Wildman–Crippen LogP) is 0.984. The van der Waals surface area contributed by atoms with E-state index in [-0.39, 0.29) is 11.2 Å². The molecular weight excluding hydrogens is 468 g/mol. The Bertz CT molecular complexity index is 1630. The summed E-state index contributed by atoms with van der Waals surface area (Å²) in [5.41, 5.74) is 0.0593. The third kappa shape index (κ3) is 4.19. The SMILES string of the molecule is Cn1cnc2c1c(=O)n(CCCN1CCN(S(=O)(=O)c3ccc4ccccc4c3)CC1)c(=O)n2C. The highest BCUT2D eigenvalue weighted by molar-refractivity contribution is 7.89. The lowest BCUT2D eigenvalue weighted by atomic mass is 10.1. The lowest BCUT2D eigenvalue weighted by Gasteiger charge is -2.34. The maximum atomic E-state index is 13.2. The van der Waals surface area contributed by atoms with Crippen LogP contribution in [-0.2, 0) is 30.7 Å². The van der Waals surface area contributed by atoms with Gasteiger partial charge in [0.25, 0.3) is 5.56 Å². The molecule has 1 aliphatic heterocycles. The molecule has 0 saturated carbocycles. The number of aromatic nitrogens is 4. The van der Waals surface area contributed by atoms with Crippen LogP contribution in [0.2, 0.25) is 0 Å². The topological polar surface area (TPSA) is 102 Å². The van der Waals surface area contributed by atoms with E-state index in [9.17, 15) is 18.0 Å². The maximum absolute atomic E-state index is 13.2. The molecule has 0 aliphatic carbocycles. The van der Waals surface area contributed by atoms with Crippen molar-refractivity contribution in [2.24, 2.45) is 14.1 Å². The van der Waals surface area contributed by atoms with Crippen LogP contribution in [0.3, 0.4) is 0 Å². The van der Waals surface area contributed by atoms with Gasteiger partial charge >= 0.3 is 5.69 Å². The molecule has 35 heavy (non-hydrogen) atoms. The highest BCUT2D eigenvalue weighted by Crippen LogP contribution is 2.23. The number of hydrogen-bond acceptors (Lipinski definition) is 6. The van der Waals surface area contributed by atoms with Gasteiger partial charge < -0.3 is 9.47 Å². The zero-order valence-electron chi connectivity index (χ0n) is 19.8. The van der Waals surface area contributed by atoms with Crippen molar-refractivity contribution in [3.63, 3.8) is 0 Å². The van der Waals surface area contributed by atoms with Crippen LogP contribution in [0.25, 0.3) is 21.9 Å². The number of sulfonamides is 1. The molecule has 0 radical (unpaired) electrons. The predicted molar refractivity (Wildman–Crippen MR) is 134 cm³/mol. The van der Waals surface area contributed by atoms with Gasteiger partial charge in [0.1, 0.15) is 0 Å². The van der Waals surface area contributed by atoms with E-state index in [0.717, 1.165) is 10.8 Å². The van der Waals surface area contributed by atoms with Crippen LogP contribution < -0.4 is 11.2 Å². The minimum Gasteiger partial charge on any atom is -0.328 e. The van der Waals surface area contributed by atoms with E-state index in [1.807, 2.05) is 30.3 Å². The Balaban J connectivity index is 1.22. The summed E-state index contributed by atoms with van der Waals surface area (Å²) in [5.74, 6) is 0. The van der Waals surface area contributed by atoms with E-state index >= 15 is 0 Å². The summed E-state index contributed by atoms with van der Waals surface area (Å²) in [6, 6.07) is 12.9. The second-order valence-electron chi connectivity index (χ2n) is 8.93. The molecule has 0 unspecified atom stereocenters. The Hall–Kier alpha value is -3.28. The fourth-order valence-electron chi connectivity index (χ4n) is 4.72. The molecular formula is C24H28N6O4S. The minimum atomic E-state index is -3.57. The van der Waals surface area contributed by atoms with E-state index < -0.39 is 10.0 Å². The standard InChI is InChI=1S/C24H28N6O4S/c1-26-17-25-22-21(26)23(31)30(24(32)27(22)2)11-5-10-28-12-14-29(15-13-28)35(33,34)20-9-8-18-6-3-4-7-19(18)16-20/h3-4,6-9,16-17H,5,10-15H2,1-2H3. The smallest absolute Gasteiger partial charge is 0.328 e. The van der Waals surface area contributed by atoms with E-state index in [0.29, 0.717) is 61.7 Å². The molecule has 2 aromatic carbocycles. The number of aryl methyl sites for hydroxylation is 2. The van der Waals surface area contributed by atoms with Gasteiger partial charge in [0.05, 0.1) is 11.2 Å². The van der Waals surface area contributed by atoms with Gasteiger partial charge in [-0.3, -0.25) is 13.9 Å². The first kappa shape index (κ1) is 23.5. The van der Waals surface area contributed by atoms with Gasteiger partial charge in [-0.25, -0.2) is 18.2 Å². The summed E-state index contributed by atoms with van der Waals surface area (Å²) in [5, 5.41) is 1.91. The molecule has 2 aromatic heterocycles. The Labute approximate surface area is 202 Å². The average Bonchev–Trinajstić information content (AvgIpc) is 3.26. The van der Waals surface area contributed by atoms with Crippen LogP contribution in [0.1, 0.15) is 6.42 Å². The molecule has 1 fully saturated rings. The quantitative estimate of drug-likeness (QED) is 0.394. The van der Waals surface area contributed by atoms with Crippen molar-refractivity contribution in [3.8, 4) is 0 Å². The van der Waals surface area contributed by atoms with Gasteiger partial charge in [0.15, 0.2) is 11.2 Å². The third-order valence-corrected chi connectivity index (χ3v) is 8.64. The first-order chi connectivity index (χ1) is 16.8. The lowest BCUT2D eigenvalue weighted by Crippen LogP contribution is -2.49.